The number of carbonyl (C=O) groups excluding carboxylic acids is 1. The van der Waals surface area contributed by atoms with Crippen molar-refractivity contribution in [1.29, 1.82) is 0 Å². The van der Waals surface area contributed by atoms with Crippen molar-refractivity contribution in [3.8, 4) is 0 Å². The van der Waals surface area contributed by atoms with Crippen LogP contribution in [-0.2, 0) is 9.53 Å². The van der Waals surface area contributed by atoms with Crippen molar-refractivity contribution in [3.05, 3.63) is 0 Å². The van der Waals surface area contributed by atoms with Crippen molar-refractivity contribution < 1.29 is 9.53 Å². The molecular weight excluding hydrogens is 225 g/mol. The summed E-state index contributed by atoms with van der Waals surface area (Å²) in [6, 6.07) is 0. The molecule has 0 radical (unpaired) electrons. The highest BCUT2D eigenvalue weighted by molar-refractivity contribution is 6.53. The van der Waals surface area contributed by atoms with Crippen LogP contribution < -0.4 is 0 Å². The fourth-order valence-corrected chi connectivity index (χ4v) is 1.94. The van der Waals surface area contributed by atoms with Crippen molar-refractivity contribution in [2.24, 2.45) is 0 Å². The molecule has 0 aliphatic carbocycles. The number of halogens is 2. The Morgan fingerprint density at radius 2 is 2.29 bits per heavy atom. The van der Waals surface area contributed by atoms with Crippen LogP contribution in [0, 0.1) is 0 Å². The van der Waals surface area contributed by atoms with Crippen LogP contribution >= 0.6 is 23.2 Å². The Morgan fingerprint density at radius 1 is 1.71 bits per heavy atom. The third-order valence-electron chi connectivity index (χ3n) is 2.57. The predicted molar refractivity (Wildman–Crippen MR) is 56.5 cm³/mol. The molecule has 2 atom stereocenters. The lowest BCUT2D eigenvalue weighted by Gasteiger charge is -2.32. The van der Waals surface area contributed by atoms with Crippen LogP contribution in [-0.4, -0.2) is 34.0 Å². The van der Waals surface area contributed by atoms with Gasteiger partial charge in [0.25, 0.3) is 5.91 Å². The zero-order valence-corrected chi connectivity index (χ0v) is 10.1. The van der Waals surface area contributed by atoms with Crippen molar-refractivity contribution in [1.82, 2.24) is 4.90 Å². The van der Waals surface area contributed by atoms with Gasteiger partial charge in [-0.05, 0) is 20.3 Å². The topological polar surface area (TPSA) is 29.5 Å². The van der Waals surface area contributed by atoms with E-state index < -0.39 is 10.6 Å². The Bertz CT molecular complexity index is 235. The van der Waals surface area contributed by atoms with Crippen LogP contribution in [0.1, 0.15) is 27.2 Å². The number of rotatable bonds is 2. The van der Waals surface area contributed by atoms with Gasteiger partial charge in [0, 0.05) is 6.54 Å². The summed E-state index contributed by atoms with van der Waals surface area (Å²) < 4.78 is 5.67. The van der Waals surface area contributed by atoms with E-state index in [1.54, 1.807) is 4.90 Å². The van der Waals surface area contributed by atoms with Gasteiger partial charge in [-0.25, -0.2) is 0 Å². The minimum atomic E-state index is -1.00. The number of amides is 1. The standard InChI is InChI=1S/C9H15Cl2NO2/c1-4-9(3)12(5-6(2)14-9)8(13)7(10)11/h6-7H,4-5H2,1-3H3/t6-,9?/m0/s1. The highest BCUT2D eigenvalue weighted by Crippen LogP contribution is 2.31. The van der Waals surface area contributed by atoms with Gasteiger partial charge in [-0.3, -0.25) is 4.79 Å². The van der Waals surface area contributed by atoms with Crippen LogP contribution in [0.4, 0.5) is 0 Å². The molecule has 14 heavy (non-hydrogen) atoms. The predicted octanol–water partition coefficient (Wildman–Crippen LogP) is 2.16. The fourth-order valence-electron chi connectivity index (χ4n) is 1.70. The summed E-state index contributed by atoms with van der Waals surface area (Å²) in [7, 11) is 0. The Balaban J connectivity index is 2.82. The van der Waals surface area contributed by atoms with Crippen molar-refractivity contribution >= 4 is 29.1 Å². The lowest BCUT2D eigenvalue weighted by Crippen LogP contribution is -2.47. The fraction of sp³-hybridized carbons (Fsp3) is 0.889. The van der Waals surface area contributed by atoms with E-state index in [2.05, 4.69) is 0 Å². The second-order valence-corrected chi connectivity index (χ2v) is 4.80. The third-order valence-corrected chi connectivity index (χ3v) is 2.95. The van der Waals surface area contributed by atoms with Gasteiger partial charge in [-0.2, -0.15) is 0 Å². The molecule has 1 saturated heterocycles. The van der Waals surface area contributed by atoms with Crippen molar-refractivity contribution in [3.63, 3.8) is 0 Å². The second kappa shape index (κ2) is 4.25. The number of ether oxygens (including phenoxy) is 1. The molecule has 1 rings (SSSR count). The maximum absolute atomic E-state index is 11.6. The van der Waals surface area contributed by atoms with Gasteiger partial charge in [0.05, 0.1) is 6.10 Å². The average molecular weight is 240 g/mol. The molecule has 0 N–H and O–H groups in total. The summed E-state index contributed by atoms with van der Waals surface area (Å²) in [5, 5.41) is 0. The summed E-state index contributed by atoms with van der Waals surface area (Å²) >= 11 is 11.1. The maximum Gasteiger partial charge on any atom is 0.258 e. The Labute approximate surface area is 94.3 Å². The number of nitrogens with zero attached hydrogens (tertiary/aromatic N) is 1. The van der Waals surface area contributed by atoms with E-state index in [1.807, 2.05) is 20.8 Å². The SMILES string of the molecule is CCC1(C)O[C@@H](C)CN1C(=O)C(Cl)Cl. The van der Waals surface area contributed by atoms with E-state index in [0.29, 0.717) is 6.54 Å². The Hall–Kier alpha value is 0.01000. The molecule has 3 nitrogen and oxygen atoms in total. The molecule has 1 aliphatic heterocycles. The van der Waals surface area contributed by atoms with Crippen LogP contribution in [0.5, 0.6) is 0 Å². The van der Waals surface area contributed by atoms with E-state index >= 15 is 0 Å². The van der Waals surface area contributed by atoms with E-state index in [0.717, 1.165) is 6.42 Å². The maximum atomic E-state index is 11.6. The van der Waals surface area contributed by atoms with Gasteiger partial charge < -0.3 is 9.64 Å². The summed E-state index contributed by atoms with van der Waals surface area (Å²) in [6.07, 6.45) is 0.764. The lowest BCUT2D eigenvalue weighted by atomic mass is 10.1. The van der Waals surface area contributed by atoms with E-state index in [-0.39, 0.29) is 12.0 Å². The normalized spacial score (nSPS) is 32.7. The average Bonchev–Trinajstić information content (AvgIpc) is 2.41. The Morgan fingerprint density at radius 3 is 2.71 bits per heavy atom. The third kappa shape index (κ3) is 2.15. The molecule has 0 bridgehead atoms. The van der Waals surface area contributed by atoms with Crippen LogP contribution in [0.15, 0.2) is 0 Å². The summed E-state index contributed by atoms with van der Waals surface area (Å²) in [4.78, 5) is 12.3. The molecule has 0 aromatic heterocycles. The minimum Gasteiger partial charge on any atom is -0.351 e. The molecule has 1 heterocycles. The first kappa shape index (κ1) is 12.1. The van der Waals surface area contributed by atoms with Gasteiger partial charge in [-0.1, -0.05) is 30.1 Å². The highest BCUT2D eigenvalue weighted by Gasteiger charge is 2.44. The van der Waals surface area contributed by atoms with Gasteiger partial charge in [0.15, 0.2) is 4.84 Å². The summed E-state index contributed by atoms with van der Waals surface area (Å²) in [5.41, 5.74) is -0.557. The molecule has 82 valence electrons. The monoisotopic (exact) mass is 239 g/mol. The van der Waals surface area contributed by atoms with E-state index in [4.69, 9.17) is 27.9 Å². The molecule has 0 saturated carbocycles. The quantitative estimate of drug-likeness (QED) is 0.692. The van der Waals surface area contributed by atoms with Crippen LogP contribution in [0.3, 0.4) is 0 Å². The second-order valence-electron chi connectivity index (χ2n) is 3.71. The summed E-state index contributed by atoms with van der Waals surface area (Å²) in [6.45, 7) is 6.33. The first-order valence-electron chi connectivity index (χ1n) is 4.68. The number of carbonyl (C=O) groups is 1. The first-order valence-corrected chi connectivity index (χ1v) is 5.55. The van der Waals surface area contributed by atoms with E-state index in [1.165, 1.54) is 0 Å². The zero-order chi connectivity index (χ0) is 10.9. The van der Waals surface area contributed by atoms with Gasteiger partial charge >= 0.3 is 0 Å². The van der Waals surface area contributed by atoms with Crippen molar-refractivity contribution in [2.75, 3.05) is 6.54 Å². The molecule has 0 aromatic carbocycles. The molecule has 1 fully saturated rings. The lowest BCUT2D eigenvalue weighted by molar-refractivity contribution is -0.147. The van der Waals surface area contributed by atoms with Gasteiger partial charge in [0.1, 0.15) is 5.72 Å². The highest BCUT2D eigenvalue weighted by atomic mass is 35.5. The minimum absolute atomic E-state index is 0.0379. The smallest absolute Gasteiger partial charge is 0.258 e. The van der Waals surface area contributed by atoms with Crippen molar-refractivity contribution in [2.45, 2.75) is 43.9 Å². The van der Waals surface area contributed by atoms with Gasteiger partial charge in [-0.15, -0.1) is 0 Å². The largest absolute Gasteiger partial charge is 0.351 e. The molecular formula is C9H15Cl2NO2. The summed E-state index contributed by atoms with van der Waals surface area (Å²) in [5.74, 6) is -0.276. The molecule has 1 unspecified atom stereocenters. The van der Waals surface area contributed by atoms with Crippen LogP contribution in [0.2, 0.25) is 0 Å². The van der Waals surface area contributed by atoms with Gasteiger partial charge in [0.2, 0.25) is 0 Å². The Kier molecular flexibility index (Phi) is 3.67. The first-order chi connectivity index (χ1) is 6.40. The van der Waals surface area contributed by atoms with E-state index in [9.17, 15) is 4.79 Å². The zero-order valence-electron chi connectivity index (χ0n) is 8.59. The molecule has 0 aromatic rings. The number of hydrogen-bond donors (Lipinski definition) is 0. The number of hydrogen-bond acceptors (Lipinski definition) is 2. The molecule has 0 spiro atoms. The molecule has 1 amide bonds. The molecule has 1 aliphatic rings. The number of alkyl halides is 2. The van der Waals surface area contributed by atoms with Crippen LogP contribution in [0.25, 0.3) is 0 Å². The molecule has 5 heteroatoms.